The molecule has 0 spiro atoms. The Morgan fingerprint density at radius 1 is 1.11 bits per heavy atom. The predicted molar refractivity (Wildman–Crippen MR) is 115 cm³/mol. The number of benzene rings is 2. The van der Waals surface area contributed by atoms with Crippen LogP contribution in [-0.4, -0.2) is 26.4 Å². The fraction of sp³-hybridized carbons (Fsp3) is 0.409. The van der Waals surface area contributed by atoms with Crippen LogP contribution in [0.1, 0.15) is 50.8 Å². The molecule has 1 N–H and O–H groups in total. The fourth-order valence-electron chi connectivity index (χ4n) is 4.02. The van der Waals surface area contributed by atoms with Crippen LogP contribution in [0.4, 0.5) is 5.69 Å². The molecular formula is C22H26N4OS. The molecule has 1 saturated carbocycles. The second-order valence-electron chi connectivity index (χ2n) is 7.28. The third-order valence-corrected chi connectivity index (χ3v) is 6.39. The number of carbonyl (C=O) groups excluding carboxylic acids is 1. The number of amides is 1. The van der Waals surface area contributed by atoms with E-state index in [1.54, 1.807) is 0 Å². The SMILES string of the molecule is CCn1c(SCC(=O)Nc2cccc3ccccc23)nnc1C1CCCCC1. The third kappa shape index (κ3) is 4.07. The average molecular weight is 395 g/mol. The maximum Gasteiger partial charge on any atom is 0.234 e. The lowest BCUT2D eigenvalue weighted by Gasteiger charge is -2.21. The summed E-state index contributed by atoms with van der Waals surface area (Å²) in [6.45, 7) is 2.96. The molecule has 1 aliphatic carbocycles. The Morgan fingerprint density at radius 3 is 2.71 bits per heavy atom. The van der Waals surface area contributed by atoms with E-state index in [-0.39, 0.29) is 5.91 Å². The van der Waals surface area contributed by atoms with Crippen molar-refractivity contribution < 1.29 is 4.79 Å². The van der Waals surface area contributed by atoms with Crippen LogP contribution >= 0.6 is 11.8 Å². The molecule has 1 aromatic heterocycles. The number of nitrogens with zero attached hydrogens (tertiary/aromatic N) is 3. The van der Waals surface area contributed by atoms with Gasteiger partial charge in [0.25, 0.3) is 0 Å². The van der Waals surface area contributed by atoms with Gasteiger partial charge in [-0.05, 0) is 31.2 Å². The minimum atomic E-state index is -0.0220. The largest absolute Gasteiger partial charge is 0.325 e. The number of anilines is 1. The summed E-state index contributed by atoms with van der Waals surface area (Å²) >= 11 is 1.47. The number of hydrogen-bond donors (Lipinski definition) is 1. The first kappa shape index (κ1) is 19.0. The van der Waals surface area contributed by atoms with E-state index in [1.165, 1.54) is 43.9 Å². The van der Waals surface area contributed by atoms with Crippen LogP contribution in [-0.2, 0) is 11.3 Å². The van der Waals surface area contributed by atoms with Gasteiger partial charge in [0.2, 0.25) is 5.91 Å². The van der Waals surface area contributed by atoms with E-state index in [9.17, 15) is 4.79 Å². The molecular weight excluding hydrogens is 368 g/mol. The van der Waals surface area contributed by atoms with Crippen molar-refractivity contribution >= 4 is 34.1 Å². The Hall–Kier alpha value is -2.34. The van der Waals surface area contributed by atoms with E-state index in [0.717, 1.165) is 34.0 Å². The Balaban J connectivity index is 1.43. The topological polar surface area (TPSA) is 59.8 Å². The maximum absolute atomic E-state index is 12.5. The summed E-state index contributed by atoms with van der Waals surface area (Å²) in [5.74, 6) is 1.91. The molecule has 1 aliphatic rings. The highest BCUT2D eigenvalue weighted by Crippen LogP contribution is 2.33. The summed E-state index contributed by atoms with van der Waals surface area (Å²) in [7, 11) is 0. The zero-order valence-electron chi connectivity index (χ0n) is 16.2. The summed E-state index contributed by atoms with van der Waals surface area (Å²) in [6, 6.07) is 14.0. The predicted octanol–water partition coefficient (Wildman–Crippen LogP) is 5.23. The van der Waals surface area contributed by atoms with Crippen molar-refractivity contribution in [3.63, 3.8) is 0 Å². The van der Waals surface area contributed by atoms with Crippen molar-refractivity contribution in [1.29, 1.82) is 0 Å². The number of carbonyl (C=O) groups is 1. The quantitative estimate of drug-likeness (QED) is 0.582. The first-order valence-corrected chi connectivity index (χ1v) is 11.1. The lowest BCUT2D eigenvalue weighted by molar-refractivity contribution is -0.113. The molecule has 2 aromatic carbocycles. The average Bonchev–Trinajstić information content (AvgIpc) is 3.16. The van der Waals surface area contributed by atoms with E-state index in [0.29, 0.717) is 11.7 Å². The Morgan fingerprint density at radius 2 is 1.89 bits per heavy atom. The van der Waals surface area contributed by atoms with Crippen LogP contribution in [0, 0.1) is 0 Å². The number of rotatable bonds is 6. The molecule has 0 unspecified atom stereocenters. The van der Waals surface area contributed by atoms with Crippen molar-refractivity contribution in [1.82, 2.24) is 14.8 Å². The lowest BCUT2D eigenvalue weighted by Crippen LogP contribution is -2.15. The van der Waals surface area contributed by atoms with Crippen molar-refractivity contribution in [2.75, 3.05) is 11.1 Å². The molecule has 3 aromatic rings. The van der Waals surface area contributed by atoms with Crippen molar-refractivity contribution in [3.8, 4) is 0 Å². The number of aromatic nitrogens is 3. The van der Waals surface area contributed by atoms with Gasteiger partial charge in [-0.3, -0.25) is 4.79 Å². The minimum absolute atomic E-state index is 0.0220. The number of thioether (sulfide) groups is 1. The van der Waals surface area contributed by atoms with E-state index in [2.05, 4.69) is 39.1 Å². The van der Waals surface area contributed by atoms with Crippen LogP contribution in [0.2, 0.25) is 0 Å². The van der Waals surface area contributed by atoms with Gasteiger partial charge in [-0.2, -0.15) is 0 Å². The highest BCUT2D eigenvalue weighted by molar-refractivity contribution is 7.99. The van der Waals surface area contributed by atoms with Crippen molar-refractivity contribution in [3.05, 3.63) is 48.3 Å². The maximum atomic E-state index is 12.5. The molecule has 0 radical (unpaired) electrons. The smallest absolute Gasteiger partial charge is 0.234 e. The molecule has 146 valence electrons. The van der Waals surface area contributed by atoms with Gasteiger partial charge < -0.3 is 9.88 Å². The van der Waals surface area contributed by atoms with E-state index >= 15 is 0 Å². The normalized spacial score (nSPS) is 15.0. The van der Waals surface area contributed by atoms with Crippen molar-refractivity contribution in [2.45, 2.75) is 56.6 Å². The molecule has 6 heteroatoms. The molecule has 1 heterocycles. The zero-order chi connectivity index (χ0) is 19.3. The Labute approximate surface area is 169 Å². The summed E-state index contributed by atoms with van der Waals surface area (Å²) in [6.07, 6.45) is 6.27. The minimum Gasteiger partial charge on any atom is -0.325 e. The fourth-order valence-corrected chi connectivity index (χ4v) is 4.83. The van der Waals surface area contributed by atoms with Crippen LogP contribution in [0.3, 0.4) is 0 Å². The zero-order valence-corrected chi connectivity index (χ0v) is 17.0. The van der Waals surface area contributed by atoms with Gasteiger partial charge >= 0.3 is 0 Å². The summed E-state index contributed by atoms with van der Waals surface area (Å²) in [5.41, 5.74) is 0.851. The monoisotopic (exact) mass is 394 g/mol. The van der Waals surface area contributed by atoms with Gasteiger partial charge in [-0.15, -0.1) is 10.2 Å². The van der Waals surface area contributed by atoms with Gasteiger partial charge in [0.05, 0.1) is 5.75 Å². The first-order valence-electron chi connectivity index (χ1n) is 10.1. The molecule has 0 saturated heterocycles. The van der Waals surface area contributed by atoms with Gasteiger partial charge in [0, 0.05) is 23.5 Å². The highest BCUT2D eigenvalue weighted by atomic mass is 32.2. The standard InChI is InChI=1S/C22H26N4OS/c1-2-26-21(17-10-4-3-5-11-17)24-25-22(26)28-15-20(27)23-19-14-8-12-16-9-6-7-13-18(16)19/h6-9,12-14,17H,2-5,10-11,15H2,1H3,(H,23,27). The Kier molecular flexibility index (Phi) is 5.95. The Bertz CT molecular complexity index is 957. The van der Waals surface area contributed by atoms with Gasteiger partial charge in [0.15, 0.2) is 5.16 Å². The summed E-state index contributed by atoms with van der Waals surface area (Å²) < 4.78 is 2.19. The van der Waals surface area contributed by atoms with Crippen LogP contribution in [0.25, 0.3) is 10.8 Å². The second-order valence-corrected chi connectivity index (χ2v) is 8.23. The third-order valence-electron chi connectivity index (χ3n) is 5.43. The van der Waals surface area contributed by atoms with Gasteiger partial charge in [0.1, 0.15) is 5.82 Å². The number of fused-ring (bicyclic) bond motifs is 1. The van der Waals surface area contributed by atoms with Crippen LogP contribution in [0.15, 0.2) is 47.6 Å². The molecule has 0 aliphatic heterocycles. The first-order chi connectivity index (χ1) is 13.8. The second kappa shape index (κ2) is 8.78. The van der Waals surface area contributed by atoms with E-state index in [4.69, 9.17) is 0 Å². The number of hydrogen-bond acceptors (Lipinski definition) is 4. The highest BCUT2D eigenvalue weighted by Gasteiger charge is 2.23. The summed E-state index contributed by atoms with van der Waals surface area (Å²) in [5, 5.41) is 14.9. The van der Waals surface area contributed by atoms with Crippen LogP contribution in [0.5, 0.6) is 0 Å². The van der Waals surface area contributed by atoms with Gasteiger partial charge in [-0.25, -0.2) is 0 Å². The molecule has 0 atom stereocenters. The molecule has 28 heavy (non-hydrogen) atoms. The summed E-state index contributed by atoms with van der Waals surface area (Å²) in [4.78, 5) is 12.5. The van der Waals surface area contributed by atoms with Crippen LogP contribution < -0.4 is 5.32 Å². The van der Waals surface area contributed by atoms with E-state index in [1.807, 2.05) is 30.3 Å². The van der Waals surface area contributed by atoms with E-state index < -0.39 is 0 Å². The number of nitrogens with one attached hydrogen (secondary N) is 1. The molecule has 1 amide bonds. The van der Waals surface area contributed by atoms with Crippen molar-refractivity contribution in [2.24, 2.45) is 0 Å². The lowest BCUT2D eigenvalue weighted by atomic mass is 9.89. The molecule has 4 rings (SSSR count). The van der Waals surface area contributed by atoms with Gasteiger partial charge in [-0.1, -0.05) is 67.4 Å². The molecule has 5 nitrogen and oxygen atoms in total. The molecule has 0 bridgehead atoms. The molecule has 1 fully saturated rings.